The lowest BCUT2D eigenvalue weighted by Crippen LogP contribution is -2.27. The Morgan fingerprint density at radius 2 is 1.67 bits per heavy atom. The maximum atomic E-state index is 12.8. The number of carbonyl (C=O) groups excluding carboxylic acids is 1. The molecule has 0 saturated carbocycles. The van der Waals surface area contributed by atoms with Crippen LogP contribution in [0.15, 0.2) is 54.6 Å². The molecule has 2 heterocycles. The maximum Gasteiger partial charge on any atom is 0.230 e. The van der Waals surface area contributed by atoms with Gasteiger partial charge in [0, 0.05) is 37.2 Å². The van der Waals surface area contributed by atoms with E-state index in [-0.39, 0.29) is 11.8 Å². The van der Waals surface area contributed by atoms with Gasteiger partial charge in [-0.1, -0.05) is 42.5 Å². The third kappa shape index (κ3) is 3.07. The largest absolute Gasteiger partial charge is 0.312 e. The number of carbonyl (C=O) groups is 1. The number of nitrogens with one attached hydrogen (secondary N) is 2. The molecular formula is C20H23N3O. The summed E-state index contributed by atoms with van der Waals surface area (Å²) in [5, 5.41) is 0. The van der Waals surface area contributed by atoms with Gasteiger partial charge in [-0.3, -0.25) is 15.6 Å². The Bertz CT molecular complexity index is 693. The van der Waals surface area contributed by atoms with Crippen LogP contribution in [0.25, 0.3) is 0 Å². The highest BCUT2D eigenvalue weighted by Crippen LogP contribution is 2.29. The van der Waals surface area contributed by atoms with Gasteiger partial charge < -0.3 is 4.90 Å². The molecule has 4 rings (SSSR count). The van der Waals surface area contributed by atoms with Gasteiger partial charge in [0.1, 0.15) is 0 Å². The van der Waals surface area contributed by atoms with Crippen molar-refractivity contribution in [1.82, 2.24) is 10.9 Å². The van der Waals surface area contributed by atoms with E-state index in [1.807, 2.05) is 23.1 Å². The molecule has 0 spiro atoms. The first kappa shape index (κ1) is 15.4. The van der Waals surface area contributed by atoms with Crippen LogP contribution in [0.2, 0.25) is 0 Å². The van der Waals surface area contributed by atoms with Crippen LogP contribution in [-0.2, 0) is 11.2 Å². The van der Waals surface area contributed by atoms with Crippen LogP contribution in [0.5, 0.6) is 0 Å². The third-order valence-electron chi connectivity index (χ3n) is 5.14. The smallest absolute Gasteiger partial charge is 0.230 e. The Labute approximate surface area is 142 Å². The summed E-state index contributed by atoms with van der Waals surface area (Å²) in [6.45, 7) is 2.74. The lowest BCUT2D eigenvalue weighted by molar-refractivity contribution is -0.120. The molecule has 4 nitrogen and oxygen atoms in total. The fourth-order valence-electron chi connectivity index (χ4n) is 3.71. The number of benzene rings is 2. The van der Waals surface area contributed by atoms with Crippen LogP contribution >= 0.6 is 0 Å². The number of amides is 1. The number of rotatable bonds is 4. The molecule has 2 aliphatic heterocycles. The minimum Gasteiger partial charge on any atom is -0.312 e. The summed E-state index contributed by atoms with van der Waals surface area (Å²) in [4.78, 5) is 14.7. The van der Waals surface area contributed by atoms with Crippen LogP contribution in [0.3, 0.4) is 0 Å². The van der Waals surface area contributed by atoms with Gasteiger partial charge in [-0.05, 0) is 36.1 Å². The summed E-state index contributed by atoms with van der Waals surface area (Å²) in [6, 6.07) is 18.8. The molecule has 124 valence electrons. The van der Waals surface area contributed by atoms with Crippen molar-refractivity contribution in [2.24, 2.45) is 5.92 Å². The highest BCUT2D eigenvalue weighted by atomic mass is 16.2. The zero-order valence-corrected chi connectivity index (χ0v) is 13.7. The van der Waals surface area contributed by atoms with Gasteiger partial charge in [-0.2, -0.15) is 0 Å². The standard InChI is InChI=1S/C20H23N3O/c24-20-17(12-15-4-2-1-3-5-15)10-11-23(20)19-8-6-16(7-9-19)18-13-21-22-14-18/h1-9,17-18,21-22H,10-14H2. The zero-order chi connectivity index (χ0) is 16.4. The Balaban J connectivity index is 1.44. The lowest BCUT2D eigenvalue weighted by atomic mass is 9.98. The van der Waals surface area contributed by atoms with Gasteiger partial charge in [0.15, 0.2) is 0 Å². The van der Waals surface area contributed by atoms with Crippen molar-refractivity contribution < 1.29 is 4.79 Å². The topological polar surface area (TPSA) is 44.4 Å². The molecule has 2 aromatic carbocycles. The Morgan fingerprint density at radius 3 is 2.38 bits per heavy atom. The zero-order valence-electron chi connectivity index (χ0n) is 13.7. The van der Waals surface area contributed by atoms with Gasteiger partial charge in [0.25, 0.3) is 0 Å². The van der Waals surface area contributed by atoms with Crippen LogP contribution in [-0.4, -0.2) is 25.5 Å². The number of anilines is 1. The average molecular weight is 321 g/mol. The van der Waals surface area contributed by atoms with E-state index < -0.39 is 0 Å². The van der Waals surface area contributed by atoms with E-state index in [0.29, 0.717) is 5.92 Å². The number of hydrogen-bond donors (Lipinski definition) is 2. The second-order valence-corrected chi connectivity index (χ2v) is 6.72. The normalized spacial score (nSPS) is 21.6. The van der Waals surface area contributed by atoms with Crippen molar-refractivity contribution in [2.45, 2.75) is 18.8 Å². The SMILES string of the molecule is O=C1C(Cc2ccccc2)CCN1c1ccc(C2CNNC2)cc1. The van der Waals surface area contributed by atoms with E-state index in [4.69, 9.17) is 0 Å². The molecular weight excluding hydrogens is 298 g/mol. The van der Waals surface area contributed by atoms with Crippen molar-refractivity contribution in [3.63, 3.8) is 0 Å². The second-order valence-electron chi connectivity index (χ2n) is 6.72. The first-order chi connectivity index (χ1) is 11.8. The number of hydrazine groups is 1. The quantitative estimate of drug-likeness (QED) is 0.909. The average Bonchev–Trinajstić information content (AvgIpc) is 3.27. The summed E-state index contributed by atoms with van der Waals surface area (Å²) >= 11 is 0. The van der Waals surface area contributed by atoms with Gasteiger partial charge in [-0.15, -0.1) is 0 Å². The molecule has 4 heteroatoms. The molecule has 0 radical (unpaired) electrons. The maximum absolute atomic E-state index is 12.8. The van der Waals surface area contributed by atoms with Gasteiger partial charge >= 0.3 is 0 Å². The van der Waals surface area contributed by atoms with Crippen LogP contribution in [0.4, 0.5) is 5.69 Å². The first-order valence-electron chi connectivity index (χ1n) is 8.72. The lowest BCUT2D eigenvalue weighted by Gasteiger charge is -2.18. The summed E-state index contributed by atoms with van der Waals surface area (Å²) in [6.07, 6.45) is 1.78. The molecule has 2 N–H and O–H groups in total. The van der Waals surface area contributed by atoms with Gasteiger partial charge in [-0.25, -0.2) is 0 Å². The van der Waals surface area contributed by atoms with E-state index in [9.17, 15) is 4.79 Å². The molecule has 1 atom stereocenters. The highest BCUT2D eigenvalue weighted by Gasteiger charge is 2.32. The highest BCUT2D eigenvalue weighted by molar-refractivity contribution is 5.97. The van der Waals surface area contributed by atoms with Gasteiger partial charge in [0.2, 0.25) is 5.91 Å². The Kier molecular flexibility index (Phi) is 4.32. The predicted molar refractivity (Wildman–Crippen MR) is 95.8 cm³/mol. The molecule has 2 aliphatic rings. The van der Waals surface area contributed by atoms with Crippen molar-refractivity contribution in [1.29, 1.82) is 0 Å². The van der Waals surface area contributed by atoms with E-state index >= 15 is 0 Å². The Hall–Kier alpha value is -2.17. The van der Waals surface area contributed by atoms with E-state index in [1.54, 1.807) is 0 Å². The molecule has 0 bridgehead atoms. The fraction of sp³-hybridized carbons (Fsp3) is 0.350. The van der Waals surface area contributed by atoms with Crippen molar-refractivity contribution >= 4 is 11.6 Å². The van der Waals surface area contributed by atoms with Crippen molar-refractivity contribution in [3.05, 3.63) is 65.7 Å². The van der Waals surface area contributed by atoms with Crippen LogP contribution in [0, 0.1) is 5.92 Å². The molecule has 0 aliphatic carbocycles. The molecule has 0 aromatic heterocycles. The molecule has 2 fully saturated rings. The van der Waals surface area contributed by atoms with Gasteiger partial charge in [0.05, 0.1) is 0 Å². The second kappa shape index (κ2) is 6.75. The van der Waals surface area contributed by atoms with Crippen LogP contribution < -0.4 is 15.8 Å². The number of hydrogen-bond acceptors (Lipinski definition) is 3. The minimum absolute atomic E-state index is 0.107. The molecule has 2 saturated heterocycles. The predicted octanol–water partition coefficient (Wildman–Crippen LogP) is 2.47. The summed E-state index contributed by atoms with van der Waals surface area (Å²) in [7, 11) is 0. The van der Waals surface area contributed by atoms with Crippen LogP contribution in [0.1, 0.15) is 23.5 Å². The third-order valence-corrected chi connectivity index (χ3v) is 5.14. The number of nitrogens with zero attached hydrogens (tertiary/aromatic N) is 1. The first-order valence-corrected chi connectivity index (χ1v) is 8.72. The summed E-state index contributed by atoms with van der Waals surface area (Å²) in [5.74, 6) is 0.880. The molecule has 24 heavy (non-hydrogen) atoms. The van der Waals surface area contributed by atoms with E-state index in [1.165, 1.54) is 11.1 Å². The summed E-state index contributed by atoms with van der Waals surface area (Å²) in [5.41, 5.74) is 9.92. The fourth-order valence-corrected chi connectivity index (χ4v) is 3.71. The molecule has 1 unspecified atom stereocenters. The summed E-state index contributed by atoms with van der Waals surface area (Å²) < 4.78 is 0. The van der Waals surface area contributed by atoms with E-state index in [0.717, 1.165) is 38.2 Å². The van der Waals surface area contributed by atoms with Crippen molar-refractivity contribution in [3.8, 4) is 0 Å². The Morgan fingerprint density at radius 1 is 0.958 bits per heavy atom. The van der Waals surface area contributed by atoms with Crippen molar-refractivity contribution in [2.75, 3.05) is 24.5 Å². The van der Waals surface area contributed by atoms with E-state index in [2.05, 4.69) is 47.2 Å². The molecule has 1 amide bonds. The minimum atomic E-state index is 0.107. The molecule has 2 aromatic rings. The monoisotopic (exact) mass is 321 g/mol.